The van der Waals surface area contributed by atoms with Crippen molar-refractivity contribution in [1.29, 1.82) is 0 Å². The summed E-state index contributed by atoms with van der Waals surface area (Å²) < 4.78 is 22.2. The van der Waals surface area contributed by atoms with Crippen LogP contribution in [0.4, 0.5) is 5.69 Å². The van der Waals surface area contributed by atoms with Gasteiger partial charge in [-0.15, -0.1) is 0 Å². The van der Waals surface area contributed by atoms with E-state index in [-0.39, 0.29) is 11.4 Å². The standard InChI is InChI=1S/C12H18N2O4S/c1-3-12(2,11(15)16)8-14-9-4-6-10(7-5-9)19(13,17)18/h4-7,14H,3,8H2,1-2H3,(H,15,16)(H2,13,17,18). The number of sulfonamides is 1. The van der Waals surface area contributed by atoms with Crippen LogP contribution >= 0.6 is 0 Å². The van der Waals surface area contributed by atoms with E-state index in [9.17, 15) is 13.2 Å². The van der Waals surface area contributed by atoms with Gasteiger partial charge in [0.25, 0.3) is 0 Å². The van der Waals surface area contributed by atoms with Crippen molar-refractivity contribution in [3.63, 3.8) is 0 Å². The Kier molecular flexibility index (Phi) is 4.54. The molecule has 0 aromatic heterocycles. The Bertz CT molecular complexity index is 554. The maximum absolute atomic E-state index is 11.1. The number of anilines is 1. The molecule has 0 heterocycles. The summed E-state index contributed by atoms with van der Waals surface area (Å²) >= 11 is 0. The zero-order valence-electron chi connectivity index (χ0n) is 10.9. The zero-order valence-corrected chi connectivity index (χ0v) is 11.7. The lowest BCUT2D eigenvalue weighted by Crippen LogP contribution is -2.34. The van der Waals surface area contributed by atoms with Gasteiger partial charge in [-0.1, -0.05) is 6.92 Å². The molecule has 1 aromatic rings. The first-order valence-electron chi connectivity index (χ1n) is 5.79. The predicted molar refractivity (Wildman–Crippen MR) is 72.3 cm³/mol. The Morgan fingerprint density at radius 2 is 1.89 bits per heavy atom. The molecule has 106 valence electrons. The van der Waals surface area contributed by atoms with Crippen LogP contribution in [-0.2, 0) is 14.8 Å². The first kappa shape index (κ1) is 15.5. The third-order valence-corrected chi connectivity index (χ3v) is 4.09. The quantitative estimate of drug-likeness (QED) is 0.729. The fourth-order valence-corrected chi connectivity index (χ4v) is 1.93. The highest BCUT2D eigenvalue weighted by Crippen LogP contribution is 2.22. The van der Waals surface area contributed by atoms with Crippen molar-refractivity contribution in [2.24, 2.45) is 10.6 Å². The second-order valence-corrected chi connectivity index (χ2v) is 6.20. The summed E-state index contributed by atoms with van der Waals surface area (Å²) in [5, 5.41) is 17.1. The molecular formula is C12H18N2O4S. The number of carbonyl (C=O) groups is 1. The summed E-state index contributed by atoms with van der Waals surface area (Å²) in [6, 6.07) is 5.86. The van der Waals surface area contributed by atoms with Gasteiger partial charge in [-0.05, 0) is 37.6 Å². The van der Waals surface area contributed by atoms with E-state index in [1.54, 1.807) is 26.0 Å². The summed E-state index contributed by atoms with van der Waals surface area (Å²) in [7, 11) is -3.70. The van der Waals surface area contributed by atoms with Crippen LogP contribution in [0.5, 0.6) is 0 Å². The highest BCUT2D eigenvalue weighted by atomic mass is 32.2. The van der Waals surface area contributed by atoms with Crippen LogP contribution in [0.25, 0.3) is 0 Å². The number of aliphatic carboxylic acids is 1. The van der Waals surface area contributed by atoms with Crippen molar-refractivity contribution in [3.8, 4) is 0 Å². The van der Waals surface area contributed by atoms with E-state index in [1.165, 1.54) is 12.1 Å². The number of hydrogen-bond donors (Lipinski definition) is 3. The fraction of sp³-hybridized carbons (Fsp3) is 0.417. The molecule has 0 spiro atoms. The predicted octanol–water partition coefficient (Wildman–Crippen LogP) is 1.25. The molecule has 0 saturated heterocycles. The number of nitrogens with two attached hydrogens (primary N) is 1. The molecule has 0 amide bonds. The van der Waals surface area contributed by atoms with Gasteiger partial charge in [0.15, 0.2) is 0 Å². The highest BCUT2D eigenvalue weighted by molar-refractivity contribution is 7.89. The normalized spacial score (nSPS) is 14.7. The molecule has 0 aliphatic rings. The molecule has 19 heavy (non-hydrogen) atoms. The topological polar surface area (TPSA) is 109 Å². The van der Waals surface area contributed by atoms with E-state index in [4.69, 9.17) is 10.2 Å². The maximum atomic E-state index is 11.1. The first-order valence-corrected chi connectivity index (χ1v) is 7.34. The Hall–Kier alpha value is -1.60. The van der Waals surface area contributed by atoms with Crippen molar-refractivity contribution in [1.82, 2.24) is 0 Å². The molecule has 1 atom stereocenters. The number of carboxylic acid groups (broad SMARTS) is 1. The van der Waals surface area contributed by atoms with Crippen LogP contribution < -0.4 is 10.5 Å². The van der Waals surface area contributed by atoms with Crippen molar-refractivity contribution >= 4 is 21.7 Å². The second-order valence-electron chi connectivity index (χ2n) is 4.64. The van der Waals surface area contributed by atoms with Gasteiger partial charge < -0.3 is 10.4 Å². The Labute approximate surface area is 112 Å². The Morgan fingerprint density at radius 3 is 2.26 bits per heavy atom. The van der Waals surface area contributed by atoms with E-state index >= 15 is 0 Å². The Balaban J connectivity index is 2.77. The molecule has 1 unspecified atom stereocenters. The molecule has 6 nitrogen and oxygen atoms in total. The molecule has 0 saturated carbocycles. The van der Waals surface area contributed by atoms with E-state index < -0.39 is 21.4 Å². The third-order valence-electron chi connectivity index (χ3n) is 3.16. The van der Waals surface area contributed by atoms with E-state index in [1.807, 2.05) is 0 Å². The van der Waals surface area contributed by atoms with E-state index in [2.05, 4.69) is 5.32 Å². The van der Waals surface area contributed by atoms with E-state index in [0.29, 0.717) is 12.1 Å². The van der Waals surface area contributed by atoms with Crippen molar-refractivity contribution < 1.29 is 18.3 Å². The summed E-state index contributed by atoms with van der Waals surface area (Å²) in [6.45, 7) is 3.72. The van der Waals surface area contributed by atoms with Crippen LogP contribution in [0.15, 0.2) is 29.2 Å². The summed E-state index contributed by atoms with van der Waals surface area (Å²) in [5.74, 6) is -0.872. The molecule has 7 heteroatoms. The average Bonchev–Trinajstić information content (AvgIpc) is 2.35. The Morgan fingerprint density at radius 1 is 1.37 bits per heavy atom. The van der Waals surface area contributed by atoms with Gasteiger partial charge in [-0.2, -0.15) is 0 Å². The van der Waals surface area contributed by atoms with Crippen molar-refractivity contribution in [3.05, 3.63) is 24.3 Å². The molecule has 0 aliphatic heterocycles. The van der Waals surface area contributed by atoms with Gasteiger partial charge >= 0.3 is 5.97 Å². The molecule has 4 N–H and O–H groups in total. The van der Waals surface area contributed by atoms with Crippen LogP contribution in [0.3, 0.4) is 0 Å². The molecule has 0 bridgehead atoms. The number of primary sulfonamides is 1. The van der Waals surface area contributed by atoms with Gasteiger partial charge in [0, 0.05) is 12.2 Å². The van der Waals surface area contributed by atoms with Crippen LogP contribution in [0, 0.1) is 5.41 Å². The van der Waals surface area contributed by atoms with Crippen LogP contribution in [0.1, 0.15) is 20.3 Å². The van der Waals surface area contributed by atoms with Crippen LogP contribution in [-0.4, -0.2) is 26.0 Å². The molecule has 0 radical (unpaired) electrons. The lowest BCUT2D eigenvalue weighted by Gasteiger charge is -2.23. The maximum Gasteiger partial charge on any atom is 0.311 e. The largest absolute Gasteiger partial charge is 0.481 e. The lowest BCUT2D eigenvalue weighted by atomic mass is 9.87. The number of benzene rings is 1. The smallest absolute Gasteiger partial charge is 0.311 e. The molecule has 0 fully saturated rings. The number of rotatable bonds is 6. The lowest BCUT2D eigenvalue weighted by molar-refractivity contribution is -0.147. The van der Waals surface area contributed by atoms with Gasteiger partial charge in [0.1, 0.15) is 0 Å². The minimum atomic E-state index is -3.70. The van der Waals surface area contributed by atoms with E-state index in [0.717, 1.165) is 0 Å². The second kappa shape index (κ2) is 5.58. The zero-order chi connectivity index (χ0) is 14.7. The van der Waals surface area contributed by atoms with Gasteiger partial charge in [-0.3, -0.25) is 4.79 Å². The minimum Gasteiger partial charge on any atom is -0.481 e. The van der Waals surface area contributed by atoms with Crippen molar-refractivity contribution in [2.45, 2.75) is 25.2 Å². The average molecular weight is 286 g/mol. The van der Waals surface area contributed by atoms with Crippen molar-refractivity contribution in [2.75, 3.05) is 11.9 Å². The van der Waals surface area contributed by atoms with Gasteiger partial charge in [-0.25, -0.2) is 13.6 Å². The van der Waals surface area contributed by atoms with Gasteiger partial charge in [0.05, 0.1) is 10.3 Å². The number of hydrogen-bond acceptors (Lipinski definition) is 4. The molecule has 0 aliphatic carbocycles. The first-order chi connectivity index (χ1) is 8.69. The highest BCUT2D eigenvalue weighted by Gasteiger charge is 2.30. The summed E-state index contributed by atoms with van der Waals surface area (Å²) in [5.41, 5.74) is -0.216. The molecule has 1 aromatic carbocycles. The monoisotopic (exact) mass is 286 g/mol. The molecular weight excluding hydrogens is 268 g/mol. The summed E-state index contributed by atoms with van der Waals surface area (Å²) in [4.78, 5) is 11.1. The van der Waals surface area contributed by atoms with Gasteiger partial charge in [0.2, 0.25) is 10.0 Å². The summed E-state index contributed by atoms with van der Waals surface area (Å²) in [6.07, 6.45) is 0.491. The minimum absolute atomic E-state index is 0.0227. The van der Waals surface area contributed by atoms with Crippen LogP contribution in [0.2, 0.25) is 0 Å². The number of nitrogens with one attached hydrogen (secondary N) is 1. The third kappa shape index (κ3) is 3.93. The fourth-order valence-electron chi connectivity index (χ4n) is 1.41. The SMILES string of the molecule is CCC(C)(CNc1ccc(S(N)(=O)=O)cc1)C(=O)O. The molecule has 1 rings (SSSR count). The number of carboxylic acids is 1.